The minimum Gasteiger partial charge on any atom is -0.508 e. The molecular formula is C23H22N2O3. The van der Waals surface area contributed by atoms with Gasteiger partial charge in [0, 0.05) is 25.2 Å². The van der Waals surface area contributed by atoms with Gasteiger partial charge in [0.05, 0.1) is 6.04 Å². The van der Waals surface area contributed by atoms with Crippen LogP contribution in [0.1, 0.15) is 27.0 Å². The zero-order valence-corrected chi connectivity index (χ0v) is 15.8. The lowest BCUT2D eigenvalue weighted by molar-refractivity contribution is -0.132. The first-order chi connectivity index (χ1) is 13.4. The number of carbonyl (C=O) groups is 2. The zero-order chi connectivity index (χ0) is 20.0. The third kappa shape index (κ3) is 2.80. The zero-order valence-electron chi connectivity index (χ0n) is 15.8. The molecule has 0 saturated carbocycles. The molecule has 0 aromatic heterocycles. The summed E-state index contributed by atoms with van der Waals surface area (Å²) in [6.45, 7) is 11.0. The summed E-state index contributed by atoms with van der Waals surface area (Å²) < 4.78 is 0. The van der Waals surface area contributed by atoms with Crippen LogP contribution in [0.5, 0.6) is 5.75 Å². The van der Waals surface area contributed by atoms with Gasteiger partial charge in [0.25, 0.3) is 5.91 Å². The van der Waals surface area contributed by atoms with Crippen LogP contribution in [0, 0.1) is 6.92 Å². The normalized spacial score (nSPS) is 16.0. The highest BCUT2D eigenvalue weighted by Gasteiger charge is 2.40. The van der Waals surface area contributed by atoms with Crippen LogP contribution in [0.2, 0.25) is 0 Å². The Labute approximate surface area is 164 Å². The number of aryl methyl sites for hydroxylation is 1. The van der Waals surface area contributed by atoms with Crippen molar-refractivity contribution >= 4 is 17.9 Å². The second kappa shape index (κ2) is 6.68. The molecule has 4 rings (SSSR count). The van der Waals surface area contributed by atoms with Crippen LogP contribution in [0.3, 0.4) is 0 Å². The van der Waals surface area contributed by atoms with Crippen LogP contribution < -0.4 is 0 Å². The monoisotopic (exact) mass is 374 g/mol. The summed E-state index contributed by atoms with van der Waals surface area (Å²) in [7, 11) is 0. The van der Waals surface area contributed by atoms with E-state index in [1.54, 1.807) is 23.1 Å². The molecule has 142 valence electrons. The van der Waals surface area contributed by atoms with E-state index in [2.05, 4.69) is 13.2 Å². The number of likely N-dealkylation sites (tertiary alicyclic amines) is 1. The van der Waals surface area contributed by atoms with Gasteiger partial charge in [-0.25, -0.2) is 0 Å². The number of aromatic hydroxyl groups is 1. The summed E-state index contributed by atoms with van der Waals surface area (Å²) in [6, 6.07) is 9.26. The Kier molecular flexibility index (Phi) is 4.30. The van der Waals surface area contributed by atoms with Gasteiger partial charge in [0.1, 0.15) is 5.75 Å². The highest BCUT2D eigenvalue weighted by Crippen LogP contribution is 2.35. The molecule has 1 saturated heterocycles. The number of phenolic OH excluding ortho intramolecular Hbond substituents is 1. The van der Waals surface area contributed by atoms with Crippen LogP contribution in [-0.2, 0) is 11.3 Å². The smallest absolute Gasteiger partial charge is 0.254 e. The fourth-order valence-electron chi connectivity index (χ4n) is 4.06. The van der Waals surface area contributed by atoms with Gasteiger partial charge >= 0.3 is 0 Å². The quantitative estimate of drug-likeness (QED) is 0.835. The van der Waals surface area contributed by atoms with Crippen molar-refractivity contribution in [3.05, 3.63) is 71.8 Å². The third-order valence-corrected chi connectivity index (χ3v) is 5.61. The van der Waals surface area contributed by atoms with Crippen molar-refractivity contribution in [1.29, 1.82) is 0 Å². The molecule has 28 heavy (non-hydrogen) atoms. The molecule has 0 aliphatic carbocycles. The van der Waals surface area contributed by atoms with Crippen molar-refractivity contribution < 1.29 is 14.7 Å². The highest BCUT2D eigenvalue weighted by molar-refractivity contribution is 5.99. The topological polar surface area (TPSA) is 60.9 Å². The number of nitrogens with zero attached hydrogens (tertiary/aromatic N) is 2. The van der Waals surface area contributed by atoms with Gasteiger partial charge in [-0.2, -0.15) is 0 Å². The molecule has 5 heteroatoms. The van der Waals surface area contributed by atoms with Crippen LogP contribution in [0.15, 0.2) is 49.6 Å². The number of hydrogen-bond acceptors (Lipinski definition) is 3. The van der Waals surface area contributed by atoms with Gasteiger partial charge in [-0.1, -0.05) is 25.3 Å². The van der Waals surface area contributed by atoms with E-state index in [1.165, 1.54) is 6.08 Å². The lowest BCUT2D eigenvalue weighted by Crippen LogP contribution is -2.60. The summed E-state index contributed by atoms with van der Waals surface area (Å²) in [5.41, 5.74) is 5.43. The molecule has 2 amide bonds. The maximum absolute atomic E-state index is 12.8. The molecule has 2 aromatic carbocycles. The first-order valence-electron chi connectivity index (χ1n) is 9.24. The Morgan fingerprint density at radius 3 is 2.61 bits per heavy atom. The molecule has 5 nitrogen and oxygen atoms in total. The van der Waals surface area contributed by atoms with Gasteiger partial charge in [0.2, 0.25) is 5.91 Å². The predicted molar refractivity (Wildman–Crippen MR) is 109 cm³/mol. The Morgan fingerprint density at radius 1 is 1.18 bits per heavy atom. The van der Waals surface area contributed by atoms with E-state index in [1.807, 2.05) is 30.0 Å². The highest BCUT2D eigenvalue weighted by atomic mass is 16.3. The van der Waals surface area contributed by atoms with E-state index in [0.29, 0.717) is 25.2 Å². The van der Waals surface area contributed by atoms with Crippen LogP contribution in [0.25, 0.3) is 17.2 Å². The van der Waals surface area contributed by atoms with E-state index < -0.39 is 0 Å². The van der Waals surface area contributed by atoms with E-state index in [4.69, 9.17) is 0 Å². The molecule has 2 aromatic rings. The molecule has 0 radical (unpaired) electrons. The van der Waals surface area contributed by atoms with Crippen molar-refractivity contribution in [1.82, 2.24) is 9.80 Å². The van der Waals surface area contributed by atoms with E-state index in [9.17, 15) is 14.7 Å². The fraction of sp³-hybridized carbons (Fsp3) is 0.217. The molecule has 2 heterocycles. The Hall–Kier alpha value is -3.34. The summed E-state index contributed by atoms with van der Waals surface area (Å²) in [4.78, 5) is 28.0. The van der Waals surface area contributed by atoms with Crippen LogP contribution >= 0.6 is 0 Å². The van der Waals surface area contributed by atoms with Crippen molar-refractivity contribution in [2.45, 2.75) is 19.5 Å². The number of rotatable bonds is 4. The number of benzene rings is 2. The lowest BCUT2D eigenvalue weighted by Gasteiger charge is -2.43. The van der Waals surface area contributed by atoms with E-state index in [0.717, 1.165) is 27.8 Å². The predicted octanol–water partition coefficient (Wildman–Crippen LogP) is 3.36. The summed E-state index contributed by atoms with van der Waals surface area (Å²) in [6.07, 6.45) is 3.09. The van der Waals surface area contributed by atoms with Crippen molar-refractivity contribution in [2.75, 3.05) is 13.1 Å². The molecule has 2 aliphatic rings. The number of amides is 2. The Balaban J connectivity index is 1.61. The first-order valence-corrected chi connectivity index (χ1v) is 9.24. The molecular weight excluding hydrogens is 352 g/mol. The summed E-state index contributed by atoms with van der Waals surface area (Å²) in [5, 5.41) is 10.0. The number of carbonyl (C=O) groups excluding carboxylic acids is 2. The van der Waals surface area contributed by atoms with Crippen LogP contribution in [-0.4, -0.2) is 45.9 Å². The molecule has 1 N–H and O–H groups in total. The van der Waals surface area contributed by atoms with Gasteiger partial charge in [-0.05, 0) is 65.1 Å². The number of phenols is 1. The van der Waals surface area contributed by atoms with Crippen molar-refractivity contribution in [2.24, 2.45) is 0 Å². The van der Waals surface area contributed by atoms with E-state index in [-0.39, 0.29) is 23.6 Å². The molecule has 0 unspecified atom stereocenters. The fourth-order valence-corrected chi connectivity index (χ4v) is 4.06. The minimum absolute atomic E-state index is 0.00767. The lowest BCUT2D eigenvalue weighted by atomic mass is 9.93. The molecule has 0 spiro atoms. The van der Waals surface area contributed by atoms with Gasteiger partial charge < -0.3 is 14.9 Å². The SMILES string of the molecule is C=CC(=O)N1CC(N2Cc3cc(-c4cc(O)cc(C)c4C=C)ccc3C2=O)C1. The Morgan fingerprint density at radius 2 is 1.93 bits per heavy atom. The summed E-state index contributed by atoms with van der Waals surface area (Å²) >= 11 is 0. The van der Waals surface area contributed by atoms with Gasteiger partial charge in [-0.3, -0.25) is 9.59 Å². The maximum Gasteiger partial charge on any atom is 0.254 e. The number of fused-ring (bicyclic) bond motifs is 1. The second-order valence-electron chi connectivity index (χ2n) is 7.33. The standard InChI is InChI=1S/C23H22N2O3/c1-4-19-14(3)8-18(26)10-21(19)15-6-7-20-16(9-15)11-25(23(20)28)17-12-24(13-17)22(27)5-2/h4-10,17,26H,1-2,11-13H2,3H3. The molecule has 2 aliphatic heterocycles. The second-order valence-corrected chi connectivity index (χ2v) is 7.33. The molecule has 0 atom stereocenters. The Bertz CT molecular complexity index is 1020. The maximum atomic E-state index is 12.8. The van der Waals surface area contributed by atoms with Crippen LogP contribution in [0.4, 0.5) is 0 Å². The molecule has 0 bridgehead atoms. The van der Waals surface area contributed by atoms with Crippen molar-refractivity contribution in [3.63, 3.8) is 0 Å². The minimum atomic E-state index is -0.0982. The van der Waals surface area contributed by atoms with Crippen molar-refractivity contribution in [3.8, 4) is 16.9 Å². The van der Waals surface area contributed by atoms with Gasteiger partial charge in [-0.15, -0.1) is 0 Å². The summed E-state index contributed by atoms with van der Waals surface area (Å²) in [5.74, 6) is 0.116. The first kappa shape index (κ1) is 18.0. The third-order valence-electron chi connectivity index (χ3n) is 5.61. The van der Waals surface area contributed by atoms with Gasteiger partial charge in [0.15, 0.2) is 0 Å². The average Bonchev–Trinajstić information content (AvgIpc) is 2.95. The molecule has 1 fully saturated rings. The largest absolute Gasteiger partial charge is 0.508 e. The van der Waals surface area contributed by atoms with E-state index >= 15 is 0 Å². The average molecular weight is 374 g/mol. The number of hydrogen-bond donors (Lipinski definition) is 1.